The molecule has 0 aromatic heterocycles. The predicted molar refractivity (Wildman–Crippen MR) is 75.1 cm³/mol. The van der Waals surface area contributed by atoms with Gasteiger partial charge in [0.2, 0.25) is 0 Å². The molecule has 10 atom stereocenters. The van der Waals surface area contributed by atoms with Crippen LogP contribution in [-0.2, 0) is 9.47 Å². The quantitative estimate of drug-likeness (QED) is 0.242. The second-order valence-electron chi connectivity index (χ2n) is 5.53. The van der Waals surface area contributed by atoms with E-state index in [0.717, 1.165) is 11.8 Å². The normalized spacial score (nSPS) is 51.7. The van der Waals surface area contributed by atoms with Crippen molar-refractivity contribution in [3.63, 3.8) is 0 Å². The molecule has 136 valence electrons. The van der Waals surface area contributed by atoms with Crippen molar-refractivity contribution in [3.05, 3.63) is 0 Å². The smallest absolute Gasteiger partial charge is 0.188 e. The Labute approximate surface area is 135 Å². The molecule has 0 aromatic rings. The summed E-state index contributed by atoms with van der Waals surface area (Å²) in [5.74, 6) is 0. The summed E-state index contributed by atoms with van der Waals surface area (Å²) in [6.07, 6.45) is -12.0. The highest BCUT2D eigenvalue weighted by molar-refractivity contribution is 8.00. The van der Waals surface area contributed by atoms with Gasteiger partial charge in [-0.1, -0.05) is 0 Å². The Balaban J connectivity index is 2.07. The summed E-state index contributed by atoms with van der Waals surface area (Å²) < 4.78 is 10.5. The number of rotatable bonds is 4. The standard InChI is InChI=1S/C12H22O10S/c13-1-3-5(15)7(17)9(19)11(21-3)22-12-10(20)8(18)6(16)4(2-14)23-12/h3-20H,1-2H2/t3-,4-,5-,6-,7+,8+,9-,10-,11-,12-/m1/s1. The van der Waals surface area contributed by atoms with Crippen LogP contribution < -0.4 is 0 Å². The number of thioether (sulfide) groups is 1. The van der Waals surface area contributed by atoms with Crippen LogP contribution in [0.5, 0.6) is 0 Å². The minimum absolute atomic E-state index is 0.482. The second-order valence-corrected chi connectivity index (χ2v) is 6.87. The largest absolute Gasteiger partial charge is 0.395 e. The summed E-state index contributed by atoms with van der Waals surface area (Å²) in [4.78, 5) is 0. The van der Waals surface area contributed by atoms with E-state index in [1.165, 1.54) is 0 Å². The Bertz CT molecular complexity index is 349. The van der Waals surface area contributed by atoms with Gasteiger partial charge in [-0.15, -0.1) is 11.8 Å². The third kappa shape index (κ3) is 3.80. The summed E-state index contributed by atoms with van der Waals surface area (Å²) >= 11 is 0.828. The van der Waals surface area contributed by atoms with Crippen LogP contribution >= 0.6 is 11.8 Å². The van der Waals surface area contributed by atoms with Crippen molar-refractivity contribution in [1.29, 1.82) is 0 Å². The number of hydrogen-bond acceptors (Lipinski definition) is 11. The lowest BCUT2D eigenvalue weighted by atomic mass is 9.99. The first-order valence-corrected chi connectivity index (χ1v) is 8.02. The Morgan fingerprint density at radius 3 is 1.91 bits per heavy atom. The van der Waals surface area contributed by atoms with Crippen molar-refractivity contribution in [2.75, 3.05) is 13.2 Å². The van der Waals surface area contributed by atoms with Crippen LogP contribution in [0.1, 0.15) is 0 Å². The van der Waals surface area contributed by atoms with Crippen LogP contribution in [0.2, 0.25) is 0 Å². The van der Waals surface area contributed by atoms with Gasteiger partial charge in [0.15, 0.2) is 6.29 Å². The highest BCUT2D eigenvalue weighted by atomic mass is 32.2. The van der Waals surface area contributed by atoms with E-state index < -0.39 is 72.9 Å². The summed E-state index contributed by atoms with van der Waals surface area (Å²) in [7, 11) is 0. The van der Waals surface area contributed by atoms with E-state index in [1.807, 2.05) is 0 Å². The zero-order valence-corrected chi connectivity index (χ0v) is 12.8. The molecule has 0 aromatic carbocycles. The van der Waals surface area contributed by atoms with Gasteiger partial charge in [-0.2, -0.15) is 0 Å². The molecule has 2 aliphatic heterocycles. The van der Waals surface area contributed by atoms with Crippen molar-refractivity contribution >= 4 is 11.8 Å². The van der Waals surface area contributed by atoms with Gasteiger partial charge in [-0.3, -0.25) is 0 Å². The molecule has 0 radical (unpaired) electrons. The summed E-state index contributed by atoms with van der Waals surface area (Å²) in [5, 5.41) is 76.1. The predicted octanol–water partition coefficient (Wildman–Crippen LogP) is -4.68. The van der Waals surface area contributed by atoms with Crippen molar-refractivity contribution in [1.82, 2.24) is 0 Å². The molecule has 0 saturated carbocycles. The van der Waals surface area contributed by atoms with Crippen LogP contribution in [-0.4, -0.2) is 114 Å². The van der Waals surface area contributed by atoms with Crippen LogP contribution in [0.4, 0.5) is 0 Å². The summed E-state index contributed by atoms with van der Waals surface area (Å²) in [5.41, 5.74) is -1.17. The minimum atomic E-state index is -1.66. The van der Waals surface area contributed by atoms with Crippen LogP contribution in [0.3, 0.4) is 0 Å². The lowest BCUT2D eigenvalue weighted by Gasteiger charge is -2.44. The van der Waals surface area contributed by atoms with Gasteiger partial charge >= 0.3 is 0 Å². The fourth-order valence-electron chi connectivity index (χ4n) is 2.49. The van der Waals surface area contributed by atoms with E-state index in [1.54, 1.807) is 0 Å². The third-order valence-electron chi connectivity index (χ3n) is 3.97. The number of ether oxygens (including phenoxy) is 2. The van der Waals surface area contributed by atoms with Gasteiger partial charge in [-0.25, -0.2) is 0 Å². The molecule has 10 nitrogen and oxygen atoms in total. The summed E-state index contributed by atoms with van der Waals surface area (Å²) in [6.45, 7) is -1.12. The molecule has 2 aliphatic rings. The van der Waals surface area contributed by atoms with Gasteiger partial charge in [-0.05, 0) is 0 Å². The minimum Gasteiger partial charge on any atom is -0.395 e. The average Bonchev–Trinajstić information content (AvgIpc) is 2.55. The lowest BCUT2D eigenvalue weighted by molar-refractivity contribution is -0.311. The molecule has 0 unspecified atom stereocenters. The summed E-state index contributed by atoms with van der Waals surface area (Å²) in [6, 6.07) is 0. The number of hydrogen-bond donors (Lipinski definition) is 8. The average molecular weight is 358 g/mol. The first-order chi connectivity index (χ1) is 10.8. The highest BCUT2D eigenvalue weighted by Crippen LogP contribution is 2.35. The van der Waals surface area contributed by atoms with Crippen LogP contribution in [0, 0.1) is 0 Å². The molecule has 23 heavy (non-hydrogen) atoms. The molecular weight excluding hydrogens is 336 g/mol. The molecule has 2 heterocycles. The molecule has 0 aliphatic carbocycles. The Morgan fingerprint density at radius 1 is 0.739 bits per heavy atom. The van der Waals surface area contributed by atoms with E-state index in [0.29, 0.717) is 0 Å². The molecule has 11 heteroatoms. The van der Waals surface area contributed by atoms with Gasteiger partial charge in [0.1, 0.15) is 42.1 Å². The number of aliphatic hydroxyl groups is 8. The van der Waals surface area contributed by atoms with Crippen molar-refractivity contribution in [3.8, 4) is 0 Å². The Kier molecular flexibility index (Phi) is 6.61. The maximum absolute atomic E-state index is 9.94. The van der Waals surface area contributed by atoms with E-state index in [4.69, 9.17) is 14.6 Å². The monoisotopic (exact) mass is 358 g/mol. The lowest BCUT2D eigenvalue weighted by Crippen LogP contribution is -2.61. The molecule has 0 spiro atoms. The number of aliphatic hydroxyl groups excluding tert-OH is 8. The maximum atomic E-state index is 9.94. The molecular formula is C12H22O10S. The van der Waals surface area contributed by atoms with Gasteiger partial charge in [0, 0.05) is 0 Å². The third-order valence-corrected chi connectivity index (χ3v) is 5.40. The van der Waals surface area contributed by atoms with Crippen molar-refractivity contribution in [2.24, 2.45) is 0 Å². The topological polar surface area (TPSA) is 180 Å². The second kappa shape index (κ2) is 7.89. The first-order valence-electron chi connectivity index (χ1n) is 7.08. The zero-order valence-electron chi connectivity index (χ0n) is 12.0. The van der Waals surface area contributed by atoms with Crippen LogP contribution in [0.25, 0.3) is 0 Å². The van der Waals surface area contributed by atoms with E-state index in [-0.39, 0.29) is 0 Å². The molecule has 2 saturated heterocycles. The van der Waals surface area contributed by atoms with E-state index in [9.17, 15) is 35.7 Å². The van der Waals surface area contributed by atoms with Gasteiger partial charge in [0.25, 0.3) is 0 Å². The first kappa shape index (κ1) is 19.3. The van der Waals surface area contributed by atoms with E-state index >= 15 is 0 Å². The van der Waals surface area contributed by atoms with E-state index in [2.05, 4.69) is 0 Å². The van der Waals surface area contributed by atoms with Crippen LogP contribution in [0.15, 0.2) is 0 Å². The maximum Gasteiger partial charge on any atom is 0.188 e. The molecule has 0 bridgehead atoms. The molecule has 2 rings (SSSR count). The fourth-order valence-corrected chi connectivity index (χ4v) is 3.74. The van der Waals surface area contributed by atoms with Gasteiger partial charge in [0.05, 0.1) is 24.6 Å². The van der Waals surface area contributed by atoms with Crippen molar-refractivity contribution < 1.29 is 50.3 Å². The fraction of sp³-hybridized carbons (Fsp3) is 1.00. The Morgan fingerprint density at radius 2 is 1.35 bits per heavy atom. The molecule has 8 N–H and O–H groups in total. The molecule has 0 amide bonds. The SMILES string of the molecule is OC[C@H]1O[C@H](O[C@@H]2S[C@H](CO)[C@@H](O)[C@H](O)[C@H]2O)[C@H](O)[C@@H](O)[C@@H]1O. The van der Waals surface area contributed by atoms with Gasteiger partial charge < -0.3 is 50.3 Å². The molecule has 2 fully saturated rings. The zero-order chi connectivity index (χ0) is 17.3. The Hall–Kier alpha value is -0.0500. The van der Waals surface area contributed by atoms with Crippen molar-refractivity contribution in [2.45, 2.75) is 59.7 Å². The highest BCUT2D eigenvalue weighted by Gasteiger charge is 2.49.